The molecular formula is C9H16O4S2. The van der Waals surface area contributed by atoms with Crippen LogP contribution in [-0.4, -0.2) is 33.7 Å². The predicted octanol–water partition coefficient (Wildman–Crippen LogP) is 2.34. The summed E-state index contributed by atoms with van der Waals surface area (Å²) in [6, 6.07) is 0. The van der Waals surface area contributed by atoms with Crippen molar-refractivity contribution in [1.82, 2.24) is 0 Å². The van der Waals surface area contributed by atoms with Crippen LogP contribution in [0.3, 0.4) is 0 Å². The van der Waals surface area contributed by atoms with Gasteiger partial charge in [0.2, 0.25) is 0 Å². The smallest absolute Gasteiger partial charge is 0.317 e. The molecule has 15 heavy (non-hydrogen) atoms. The highest BCUT2D eigenvalue weighted by molar-refractivity contribution is 8.77. The van der Waals surface area contributed by atoms with Gasteiger partial charge in [-0.1, -0.05) is 34.9 Å². The third-order valence-corrected chi connectivity index (χ3v) is 4.29. The topological polar surface area (TPSA) is 74.6 Å². The molecule has 0 unspecified atom stereocenters. The van der Waals surface area contributed by atoms with Gasteiger partial charge in [-0.25, -0.2) is 0 Å². The minimum atomic E-state index is -1.26. The van der Waals surface area contributed by atoms with E-state index in [4.69, 9.17) is 10.2 Å². The lowest BCUT2D eigenvalue weighted by Gasteiger charge is -2.02. The number of aliphatic carboxylic acids is 2. The van der Waals surface area contributed by atoms with Crippen LogP contribution in [0.5, 0.6) is 0 Å². The second-order valence-electron chi connectivity index (χ2n) is 3.02. The van der Waals surface area contributed by atoms with Gasteiger partial charge in [0.25, 0.3) is 0 Å². The molecule has 0 atom stereocenters. The number of carboxylic acids is 2. The summed E-state index contributed by atoms with van der Waals surface area (Å²) in [5.41, 5.74) is 0. The molecular weight excluding hydrogens is 236 g/mol. The standard InChI is InChI=1S/C6H10O4.C3H6S2/c1-2-3-4(5(7)8)6(9)10;1-2-4-5-3-1/h4H,2-3H2,1H3,(H,7,8)(H,9,10);1-3H2. The average Bonchev–Trinajstić information content (AvgIpc) is 2.70. The Balaban J connectivity index is 0.000000322. The first kappa shape index (κ1) is 14.6. The molecule has 6 heteroatoms. The summed E-state index contributed by atoms with van der Waals surface area (Å²) < 4.78 is 0. The summed E-state index contributed by atoms with van der Waals surface area (Å²) in [7, 11) is 3.98. The number of carboxylic acid groups (broad SMARTS) is 2. The second kappa shape index (κ2) is 8.91. The normalized spacial score (nSPS) is 14.5. The van der Waals surface area contributed by atoms with Crippen LogP contribution in [0.1, 0.15) is 26.2 Å². The van der Waals surface area contributed by atoms with E-state index in [2.05, 4.69) is 0 Å². The molecule has 0 bridgehead atoms. The largest absolute Gasteiger partial charge is 0.481 e. The molecule has 1 saturated heterocycles. The quantitative estimate of drug-likeness (QED) is 0.591. The first-order valence-electron chi connectivity index (χ1n) is 4.79. The maximum absolute atomic E-state index is 10.2. The molecule has 0 amide bonds. The summed E-state index contributed by atoms with van der Waals surface area (Å²) in [6.07, 6.45) is 2.20. The molecule has 2 N–H and O–H groups in total. The van der Waals surface area contributed by atoms with Gasteiger partial charge < -0.3 is 10.2 Å². The Morgan fingerprint density at radius 1 is 1.20 bits per heavy atom. The van der Waals surface area contributed by atoms with Gasteiger partial charge in [0.05, 0.1) is 0 Å². The van der Waals surface area contributed by atoms with Gasteiger partial charge in [-0.05, 0) is 12.8 Å². The maximum Gasteiger partial charge on any atom is 0.317 e. The number of hydrogen-bond acceptors (Lipinski definition) is 4. The van der Waals surface area contributed by atoms with Crippen molar-refractivity contribution >= 4 is 33.5 Å². The van der Waals surface area contributed by atoms with Crippen molar-refractivity contribution in [2.24, 2.45) is 5.92 Å². The molecule has 88 valence electrons. The van der Waals surface area contributed by atoms with Crippen LogP contribution < -0.4 is 0 Å². The van der Waals surface area contributed by atoms with E-state index in [0.29, 0.717) is 6.42 Å². The van der Waals surface area contributed by atoms with Crippen LogP contribution in [0, 0.1) is 5.92 Å². The van der Waals surface area contributed by atoms with Crippen molar-refractivity contribution < 1.29 is 19.8 Å². The Hall–Kier alpha value is -0.360. The first-order valence-corrected chi connectivity index (χ1v) is 7.28. The molecule has 1 aliphatic rings. The summed E-state index contributed by atoms with van der Waals surface area (Å²) in [5, 5.41) is 16.6. The molecule has 0 aliphatic carbocycles. The molecule has 0 aromatic rings. The highest BCUT2D eigenvalue weighted by Gasteiger charge is 2.23. The highest BCUT2D eigenvalue weighted by Crippen LogP contribution is 2.29. The molecule has 4 nitrogen and oxygen atoms in total. The van der Waals surface area contributed by atoms with Crippen molar-refractivity contribution in [2.45, 2.75) is 26.2 Å². The molecule has 1 heterocycles. The molecule has 0 saturated carbocycles. The van der Waals surface area contributed by atoms with E-state index in [9.17, 15) is 9.59 Å². The van der Waals surface area contributed by atoms with Crippen LogP contribution in [0.15, 0.2) is 0 Å². The van der Waals surface area contributed by atoms with Gasteiger partial charge in [-0.3, -0.25) is 9.59 Å². The average molecular weight is 252 g/mol. The molecule has 0 aromatic carbocycles. The van der Waals surface area contributed by atoms with E-state index in [1.54, 1.807) is 6.92 Å². The van der Waals surface area contributed by atoms with Crippen molar-refractivity contribution in [3.8, 4) is 0 Å². The zero-order valence-corrected chi connectivity index (χ0v) is 10.3. The third-order valence-electron chi connectivity index (χ3n) is 1.71. The fraction of sp³-hybridized carbons (Fsp3) is 0.778. The van der Waals surface area contributed by atoms with Crippen molar-refractivity contribution in [2.75, 3.05) is 11.5 Å². The minimum Gasteiger partial charge on any atom is -0.481 e. The van der Waals surface area contributed by atoms with E-state index in [0.717, 1.165) is 0 Å². The zero-order valence-electron chi connectivity index (χ0n) is 8.64. The fourth-order valence-electron chi connectivity index (χ4n) is 0.936. The van der Waals surface area contributed by atoms with Crippen LogP contribution in [0.4, 0.5) is 0 Å². The molecule has 0 radical (unpaired) electrons. The predicted molar refractivity (Wildman–Crippen MR) is 63.2 cm³/mol. The first-order chi connectivity index (χ1) is 7.09. The van der Waals surface area contributed by atoms with E-state index in [-0.39, 0.29) is 6.42 Å². The lowest BCUT2D eigenvalue weighted by molar-refractivity contribution is -0.154. The van der Waals surface area contributed by atoms with Crippen molar-refractivity contribution in [3.63, 3.8) is 0 Å². The molecule has 0 spiro atoms. The number of carbonyl (C=O) groups is 2. The van der Waals surface area contributed by atoms with Gasteiger partial charge in [0, 0.05) is 11.5 Å². The Morgan fingerprint density at radius 2 is 1.67 bits per heavy atom. The van der Waals surface area contributed by atoms with Crippen molar-refractivity contribution in [3.05, 3.63) is 0 Å². The molecule has 1 aliphatic heterocycles. The van der Waals surface area contributed by atoms with Gasteiger partial charge in [-0.15, -0.1) is 0 Å². The van der Waals surface area contributed by atoms with E-state index >= 15 is 0 Å². The summed E-state index contributed by atoms with van der Waals surface area (Å²) in [4.78, 5) is 20.3. The lowest BCUT2D eigenvalue weighted by atomic mass is 10.1. The SMILES string of the molecule is C1CSSC1.CCCC(C(=O)O)C(=O)O. The van der Waals surface area contributed by atoms with E-state index in [1.807, 2.05) is 21.6 Å². The lowest BCUT2D eigenvalue weighted by Crippen LogP contribution is -2.22. The Kier molecular flexibility index (Phi) is 8.70. The van der Waals surface area contributed by atoms with E-state index in [1.165, 1.54) is 17.9 Å². The minimum absolute atomic E-state index is 0.199. The summed E-state index contributed by atoms with van der Waals surface area (Å²) in [5.74, 6) is -0.983. The fourth-order valence-corrected chi connectivity index (χ4v) is 3.29. The van der Waals surface area contributed by atoms with Gasteiger partial charge >= 0.3 is 11.9 Å². The highest BCUT2D eigenvalue weighted by atomic mass is 33.1. The second-order valence-corrected chi connectivity index (χ2v) is 5.72. The van der Waals surface area contributed by atoms with Crippen LogP contribution in [0.25, 0.3) is 0 Å². The summed E-state index contributed by atoms with van der Waals surface area (Å²) >= 11 is 0. The van der Waals surface area contributed by atoms with Gasteiger partial charge in [0.1, 0.15) is 0 Å². The van der Waals surface area contributed by atoms with Gasteiger partial charge in [0.15, 0.2) is 5.92 Å². The van der Waals surface area contributed by atoms with E-state index < -0.39 is 17.9 Å². The zero-order chi connectivity index (χ0) is 11.7. The number of rotatable bonds is 4. The molecule has 0 aromatic heterocycles. The van der Waals surface area contributed by atoms with Crippen LogP contribution >= 0.6 is 21.6 Å². The van der Waals surface area contributed by atoms with Gasteiger partial charge in [-0.2, -0.15) is 0 Å². The Bertz CT molecular complexity index is 183. The summed E-state index contributed by atoms with van der Waals surface area (Å²) in [6.45, 7) is 1.75. The maximum atomic E-state index is 10.2. The third kappa shape index (κ3) is 7.56. The Morgan fingerprint density at radius 3 is 1.80 bits per heavy atom. The van der Waals surface area contributed by atoms with Crippen LogP contribution in [0.2, 0.25) is 0 Å². The van der Waals surface area contributed by atoms with Crippen molar-refractivity contribution in [1.29, 1.82) is 0 Å². The Labute approximate surface area is 97.2 Å². The monoisotopic (exact) mass is 252 g/mol. The molecule has 1 rings (SSSR count). The number of hydrogen-bond donors (Lipinski definition) is 2. The molecule has 1 fully saturated rings. The van der Waals surface area contributed by atoms with Crippen LogP contribution in [-0.2, 0) is 9.59 Å².